The third-order valence-electron chi connectivity index (χ3n) is 5.22. The first-order chi connectivity index (χ1) is 15.8. The summed E-state index contributed by atoms with van der Waals surface area (Å²) in [7, 11) is 0. The molecule has 0 aliphatic rings. The lowest BCUT2D eigenvalue weighted by Crippen LogP contribution is -2.20. The first-order valence-electron chi connectivity index (χ1n) is 10.0. The predicted octanol–water partition coefficient (Wildman–Crippen LogP) is 8.86. The van der Waals surface area contributed by atoms with E-state index in [0.717, 1.165) is 11.1 Å². The molecule has 1 unspecified atom stereocenters. The van der Waals surface area contributed by atoms with E-state index in [1.54, 1.807) is 30.3 Å². The lowest BCUT2D eigenvalue weighted by Gasteiger charge is -2.26. The van der Waals surface area contributed by atoms with Crippen LogP contribution in [-0.4, -0.2) is 11.0 Å². The van der Waals surface area contributed by atoms with Crippen LogP contribution in [0.2, 0.25) is 25.1 Å². The maximum Gasteiger partial charge on any atom is 0.259 e. The molecule has 34 heavy (non-hydrogen) atoms. The number of amides is 1. The number of carbonyl (C=O) groups excluding carboxylic acids is 1. The summed E-state index contributed by atoms with van der Waals surface area (Å²) in [6, 6.07) is 13.9. The molecule has 0 heterocycles. The highest BCUT2D eigenvalue weighted by Gasteiger charge is 2.26. The number of nitriles is 1. The molecule has 0 spiro atoms. The van der Waals surface area contributed by atoms with Crippen LogP contribution in [0.1, 0.15) is 53.7 Å². The molecule has 1 amide bonds. The van der Waals surface area contributed by atoms with E-state index >= 15 is 0 Å². The zero-order chi connectivity index (χ0) is 25.4. The van der Waals surface area contributed by atoms with Crippen molar-refractivity contribution in [1.82, 2.24) is 0 Å². The predicted molar refractivity (Wildman–Crippen MR) is 140 cm³/mol. The van der Waals surface area contributed by atoms with Gasteiger partial charge < -0.3 is 10.4 Å². The van der Waals surface area contributed by atoms with Crippen LogP contribution in [0.15, 0.2) is 42.5 Å². The third kappa shape index (κ3) is 5.40. The molecule has 0 bridgehead atoms. The molecule has 0 fully saturated rings. The van der Waals surface area contributed by atoms with Gasteiger partial charge in [0, 0.05) is 15.7 Å². The lowest BCUT2D eigenvalue weighted by molar-refractivity contribution is 0.102. The highest BCUT2D eigenvalue weighted by Crippen LogP contribution is 2.41. The fourth-order valence-corrected chi connectivity index (χ4v) is 4.46. The average Bonchev–Trinajstić information content (AvgIpc) is 2.76. The van der Waals surface area contributed by atoms with Gasteiger partial charge in [0.1, 0.15) is 10.8 Å². The average molecular weight is 557 g/mol. The number of benzene rings is 3. The minimum absolute atomic E-state index is 0.0267. The van der Waals surface area contributed by atoms with E-state index < -0.39 is 23.0 Å². The van der Waals surface area contributed by atoms with Crippen molar-refractivity contribution in [2.75, 3.05) is 5.32 Å². The van der Waals surface area contributed by atoms with Crippen LogP contribution < -0.4 is 5.32 Å². The molecule has 0 saturated heterocycles. The van der Waals surface area contributed by atoms with Gasteiger partial charge in [0.15, 0.2) is 0 Å². The zero-order valence-corrected chi connectivity index (χ0v) is 22.1. The standard InChI is InChI=1S/C25H19Cl5N2O2/c1-25(2,3)17-8-14(16(11-31)12-4-6-13(26)7-5-12)18(27)10-20(17)32-24(34)15-9-19(28)21(29)22(30)23(15)33/h4-10,16,33H,1-3H3,(H,32,34). The molecule has 4 nitrogen and oxygen atoms in total. The maximum absolute atomic E-state index is 13.0. The summed E-state index contributed by atoms with van der Waals surface area (Å²) in [5.74, 6) is -1.78. The molecule has 176 valence electrons. The maximum atomic E-state index is 13.0. The fraction of sp³-hybridized carbons (Fsp3) is 0.200. The number of phenols is 1. The SMILES string of the molecule is CC(C)(C)c1cc(C(C#N)c2ccc(Cl)cc2)c(Cl)cc1NC(=O)c1cc(Cl)c(Cl)c(Cl)c1O. The molecule has 2 N–H and O–H groups in total. The largest absolute Gasteiger partial charge is 0.505 e. The van der Waals surface area contributed by atoms with E-state index in [9.17, 15) is 15.2 Å². The molecule has 1 atom stereocenters. The van der Waals surface area contributed by atoms with E-state index in [2.05, 4.69) is 11.4 Å². The Balaban J connectivity index is 2.09. The fourth-order valence-electron chi connectivity index (χ4n) is 3.46. The summed E-state index contributed by atoms with van der Waals surface area (Å²) in [6.45, 7) is 5.90. The molecule has 0 aromatic heterocycles. The molecule has 0 radical (unpaired) electrons. The minimum atomic E-state index is -0.651. The summed E-state index contributed by atoms with van der Waals surface area (Å²) in [5, 5.41) is 23.6. The van der Waals surface area contributed by atoms with Gasteiger partial charge >= 0.3 is 0 Å². The van der Waals surface area contributed by atoms with E-state index in [4.69, 9.17) is 58.0 Å². The Labute approximate surface area is 223 Å². The van der Waals surface area contributed by atoms with Crippen molar-refractivity contribution in [1.29, 1.82) is 5.26 Å². The number of anilines is 1. The van der Waals surface area contributed by atoms with Crippen molar-refractivity contribution in [3.8, 4) is 11.8 Å². The number of nitrogens with one attached hydrogen (secondary N) is 1. The summed E-state index contributed by atoms with van der Waals surface area (Å²) < 4.78 is 0. The highest BCUT2D eigenvalue weighted by atomic mass is 35.5. The zero-order valence-electron chi connectivity index (χ0n) is 18.3. The van der Waals surface area contributed by atoms with E-state index in [-0.39, 0.29) is 20.6 Å². The Morgan fingerprint density at radius 3 is 2.15 bits per heavy atom. The Kier molecular flexibility index (Phi) is 7.97. The molecular weight excluding hydrogens is 538 g/mol. The number of hydrogen-bond donors (Lipinski definition) is 2. The van der Waals surface area contributed by atoms with Crippen molar-refractivity contribution in [3.63, 3.8) is 0 Å². The van der Waals surface area contributed by atoms with Crippen LogP contribution in [-0.2, 0) is 5.41 Å². The van der Waals surface area contributed by atoms with E-state index in [1.165, 1.54) is 6.07 Å². The van der Waals surface area contributed by atoms with Crippen molar-refractivity contribution < 1.29 is 9.90 Å². The summed E-state index contributed by atoms with van der Waals surface area (Å²) in [5.41, 5.74) is 1.91. The normalized spacial score (nSPS) is 12.2. The number of nitrogens with zero attached hydrogens (tertiary/aromatic N) is 1. The number of carbonyl (C=O) groups is 1. The molecule has 3 aromatic carbocycles. The molecule has 0 aliphatic carbocycles. The van der Waals surface area contributed by atoms with Gasteiger partial charge in [0.2, 0.25) is 0 Å². The van der Waals surface area contributed by atoms with Crippen LogP contribution in [0, 0.1) is 11.3 Å². The summed E-state index contributed by atoms with van der Waals surface area (Å²) in [6.07, 6.45) is 0. The first kappa shape index (κ1) is 26.5. The van der Waals surface area contributed by atoms with Gasteiger partial charge in [-0.3, -0.25) is 4.79 Å². The van der Waals surface area contributed by atoms with Gasteiger partial charge in [0.05, 0.1) is 27.6 Å². The Hall–Kier alpha value is -2.13. The Morgan fingerprint density at radius 1 is 0.971 bits per heavy atom. The second-order valence-electron chi connectivity index (χ2n) is 8.62. The molecule has 0 saturated carbocycles. The van der Waals surface area contributed by atoms with Gasteiger partial charge in [-0.2, -0.15) is 5.26 Å². The van der Waals surface area contributed by atoms with Crippen molar-refractivity contribution in [3.05, 3.63) is 89.8 Å². The van der Waals surface area contributed by atoms with Crippen LogP contribution in [0.5, 0.6) is 5.75 Å². The summed E-state index contributed by atoms with van der Waals surface area (Å²) in [4.78, 5) is 13.0. The van der Waals surface area contributed by atoms with E-state index in [0.29, 0.717) is 21.3 Å². The number of hydrogen-bond acceptors (Lipinski definition) is 3. The number of halogens is 5. The van der Waals surface area contributed by atoms with Gasteiger partial charge in [0.25, 0.3) is 5.91 Å². The van der Waals surface area contributed by atoms with Crippen molar-refractivity contribution in [2.24, 2.45) is 0 Å². The second kappa shape index (κ2) is 10.2. The monoisotopic (exact) mass is 554 g/mol. The van der Waals surface area contributed by atoms with Gasteiger partial charge in [-0.25, -0.2) is 0 Å². The van der Waals surface area contributed by atoms with Crippen LogP contribution in [0.25, 0.3) is 0 Å². The van der Waals surface area contributed by atoms with Crippen LogP contribution in [0.3, 0.4) is 0 Å². The van der Waals surface area contributed by atoms with E-state index in [1.807, 2.05) is 26.8 Å². The quantitative estimate of drug-likeness (QED) is 0.315. The smallest absolute Gasteiger partial charge is 0.259 e. The third-order valence-corrected chi connectivity index (χ3v) is 7.05. The van der Waals surface area contributed by atoms with Gasteiger partial charge in [-0.15, -0.1) is 0 Å². The molecule has 9 heteroatoms. The van der Waals surface area contributed by atoms with Gasteiger partial charge in [-0.1, -0.05) is 97.0 Å². The second-order valence-corrected chi connectivity index (χ2v) is 10.6. The highest BCUT2D eigenvalue weighted by molar-refractivity contribution is 6.49. The number of rotatable bonds is 4. The first-order valence-corrected chi connectivity index (χ1v) is 11.9. The topological polar surface area (TPSA) is 73.1 Å². The van der Waals surface area contributed by atoms with Crippen molar-refractivity contribution >= 4 is 69.6 Å². The minimum Gasteiger partial charge on any atom is -0.505 e. The molecule has 3 rings (SSSR count). The molecule has 0 aliphatic heterocycles. The molecular formula is C25H19Cl5N2O2. The van der Waals surface area contributed by atoms with Crippen LogP contribution in [0.4, 0.5) is 5.69 Å². The number of phenolic OH excluding ortho intramolecular Hbond substituents is 1. The lowest BCUT2D eigenvalue weighted by atomic mass is 9.82. The van der Waals surface area contributed by atoms with Crippen LogP contribution >= 0.6 is 58.0 Å². The Bertz CT molecular complexity index is 1310. The Morgan fingerprint density at radius 2 is 1.59 bits per heavy atom. The van der Waals surface area contributed by atoms with Crippen molar-refractivity contribution in [2.45, 2.75) is 32.1 Å². The number of aromatic hydroxyl groups is 1. The molecule has 3 aromatic rings. The summed E-state index contributed by atoms with van der Waals surface area (Å²) >= 11 is 30.6. The van der Waals surface area contributed by atoms with Gasteiger partial charge in [-0.05, 0) is 46.4 Å².